The molecule has 1 saturated carbocycles. The SMILES string of the molecule is CCC(=O)N[C@@H](C(=O)N1CCN(C)CC1)[C@@H](C)c1ccc(NC(=O)[C@@H](NC(=O)C(F)(F)c2cnc(OC)nc2)C2CCC(C)CC2)c(F)c1. The topological polar surface area (TPSA) is 146 Å². The molecule has 1 aromatic carbocycles. The number of carbonyl (C=O) groups is 4. The number of rotatable bonds is 12. The molecular formula is C34H46F3N7O5. The van der Waals surface area contributed by atoms with Crippen LogP contribution in [0, 0.1) is 17.7 Å². The minimum Gasteiger partial charge on any atom is -0.467 e. The Morgan fingerprint density at radius 1 is 1.02 bits per heavy atom. The first-order valence-corrected chi connectivity index (χ1v) is 16.7. The molecule has 2 heterocycles. The molecule has 2 fully saturated rings. The number of amides is 4. The van der Waals surface area contributed by atoms with E-state index in [0.717, 1.165) is 25.2 Å². The number of ether oxygens (including phenoxy) is 1. The van der Waals surface area contributed by atoms with Gasteiger partial charge in [0.15, 0.2) is 0 Å². The Morgan fingerprint density at radius 2 is 1.65 bits per heavy atom. The highest BCUT2D eigenvalue weighted by atomic mass is 19.3. The average Bonchev–Trinajstić information content (AvgIpc) is 3.10. The summed E-state index contributed by atoms with van der Waals surface area (Å²) in [7, 11) is 3.23. The molecule has 1 aliphatic heterocycles. The Labute approximate surface area is 284 Å². The Morgan fingerprint density at radius 3 is 2.22 bits per heavy atom. The number of carbonyl (C=O) groups excluding carboxylic acids is 4. The van der Waals surface area contributed by atoms with Gasteiger partial charge in [0.2, 0.25) is 17.7 Å². The lowest BCUT2D eigenvalue weighted by atomic mass is 9.79. The van der Waals surface area contributed by atoms with Crippen molar-refractivity contribution in [1.29, 1.82) is 0 Å². The van der Waals surface area contributed by atoms with Crippen LogP contribution in [0.1, 0.15) is 69.9 Å². The second kappa shape index (κ2) is 16.4. The Bertz CT molecular complexity index is 1480. The lowest BCUT2D eigenvalue weighted by Crippen LogP contribution is -2.55. The van der Waals surface area contributed by atoms with Crippen LogP contribution in [0.25, 0.3) is 0 Å². The van der Waals surface area contributed by atoms with Gasteiger partial charge in [-0.15, -0.1) is 0 Å². The predicted octanol–water partition coefficient (Wildman–Crippen LogP) is 3.44. The number of nitrogens with one attached hydrogen (secondary N) is 3. The Hall–Kier alpha value is -4.27. The molecule has 1 aliphatic carbocycles. The molecule has 1 saturated heterocycles. The van der Waals surface area contributed by atoms with E-state index in [0.29, 0.717) is 50.5 Å². The minimum atomic E-state index is -4.07. The van der Waals surface area contributed by atoms with Crippen LogP contribution in [0.3, 0.4) is 0 Å². The van der Waals surface area contributed by atoms with Gasteiger partial charge in [0.1, 0.15) is 17.9 Å². The number of aromatic nitrogens is 2. The Kier molecular flexibility index (Phi) is 12.6. The van der Waals surface area contributed by atoms with E-state index in [1.54, 1.807) is 24.8 Å². The van der Waals surface area contributed by atoms with E-state index < -0.39 is 53.0 Å². The lowest BCUT2D eigenvalue weighted by Gasteiger charge is -2.36. The van der Waals surface area contributed by atoms with Crippen LogP contribution in [0.4, 0.5) is 18.9 Å². The van der Waals surface area contributed by atoms with Crippen molar-refractivity contribution in [2.24, 2.45) is 11.8 Å². The highest BCUT2D eigenvalue weighted by molar-refractivity contribution is 5.98. The lowest BCUT2D eigenvalue weighted by molar-refractivity contribution is -0.149. The van der Waals surface area contributed by atoms with Gasteiger partial charge in [-0.3, -0.25) is 19.2 Å². The van der Waals surface area contributed by atoms with Gasteiger partial charge in [0.25, 0.3) is 5.91 Å². The Balaban J connectivity index is 1.53. The molecule has 0 spiro atoms. The summed E-state index contributed by atoms with van der Waals surface area (Å²) in [6.07, 6.45) is 4.18. The monoisotopic (exact) mass is 689 g/mol. The van der Waals surface area contributed by atoms with E-state index in [1.807, 2.05) is 7.05 Å². The van der Waals surface area contributed by atoms with Crippen LogP contribution < -0.4 is 20.7 Å². The molecule has 2 aromatic rings. The fourth-order valence-electron chi connectivity index (χ4n) is 6.18. The van der Waals surface area contributed by atoms with E-state index in [4.69, 9.17) is 4.74 Å². The fourth-order valence-corrected chi connectivity index (χ4v) is 6.18. The molecule has 268 valence electrons. The zero-order valence-corrected chi connectivity index (χ0v) is 28.6. The summed E-state index contributed by atoms with van der Waals surface area (Å²) in [6, 6.07) is 1.57. The number of hydrogen-bond donors (Lipinski definition) is 3. The number of piperazine rings is 1. The molecule has 12 nitrogen and oxygen atoms in total. The molecule has 3 N–H and O–H groups in total. The number of benzene rings is 1. The van der Waals surface area contributed by atoms with E-state index >= 15 is 13.2 Å². The maximum atomic E-state index is 15.6. The first-order chi connectivity index (χ1) is 23.2. The molecule has 0 unspecified atom stereocenters. The van der Waals surface area contributed by atoms with Crippen molar-refractivity contribution in [2.45, 2.75) is 76.8 Å². The third-order valence-corrected chi connectivity index (χ3v) is 9.55. The second-order valence-corrected chi connectivity index (χ2v) is 13.0. The summed E-state index contributed by atoms with van der Waals surface area (Å²) < 4.78 is 50.9. The van der Waals surface area contributed by atoms with Gasteiger partial charge < -0.3 is 30.5 Å². The normalized spacial score (nSPS) is 20.4. The highest BCUT2D eigenvalue weighted by Crippen LogP contribution is 2.33. The van der Waals surface area contributed by atoms with Gasteiger partial charge >= 0.3 is 11.9 Å². The van der Waals surface area contributed by atoms with E-state index in [9.17, 15) is 19.2 Å². The summed E-state index contributed by atoms with van der Waals surface area (Å²) in [5, 5.41) is 7.50. The number of likely N-dealkylation sites (N-methyl/N-ethyl adjacent to an activating group) is 1. The van der Waals surface area contributed by atoms with Crippen molar-refractivity contribution >= 4 is 29.3 Å². The maximum absolute atomic E-state index is 15.6. The molecular weight excluding hydrogens is 643 g/mol. The van der Waals surface area contributed by atoms with Crippen molar-refractivity contribution in [3.8, 4) is 6.01 Å². The van der Waals surface area contributed by atoms with E-state index in [2.05, 4.69) is 37.7 Å². The van der Waals surface area contributed by atoms with Gasteiger partial charge in [-0.05, 0) is 49.4 Å². The number of halogens is 3. The molecule has 2 aliphatic rings. The smallest absolute Gasteiger partial charge is 0.352 e. The standard InChI is InChI=1S/C34H46F3N7O5/c1-6-27(45)41-28(31(47)44-15-13-43(4)14-16-44)21(3)23-11-12-26(25(35)17-23)40-30(46)29(22-9-7-20(2)8-10-22)42-32(48)34(36,37)24-18-38-33(49-5)39-19-24/h11-12,17-22,28-29H,6-10,13-16H2,1-5H3,(H,40,46)(H,41,45)(H,42,48)/t20?,21-,22?,28+,29-/m0/s1. The van der Waals surface area contributed by atoms with Gasteiger partial charge in [-0.1, -0.05) is 39.7 Å². The molecule has 15 heteroatoms. The summed E-state index contributed by atoms with van der Waals surface area (Å²) in [6.45, 7) is 7.81. The van der Waals surface area contributed by atoms with Crippen LogP contribution in [0.2, 0.25) is 0 Å². The van der Waals surface area contributed by atoms with Gasteiger partial charge in [0.05, 0.1) is 18.4 Å². The minimum absolute atomic E-state index is 0.154. The zero-order chi connectivity index (χ0) is 35.9. The largest absolute Gasteiger partial charge is 0.467 e. The van der Waals surface area contributed by atoms with Crippen LogP contribution in [-0.4, -0.2) is 95.8 Å². The van der Waals surface area contributed by atoms with Crippen molar-refractivity contribution in [2.75, 3.05) is 45.7 Å². The van der Waals surface area contributed by atoms with Crippen LogP contribution in [0.15, 0.2) is 30.6 Å². The summed E-state index contributed by atoms with van der Waals surface area (Å²) in [5.41, 5.74) is -0.594. The zero-order valence-electron chi connectivity index (χ0n) is 28.6. The molecule has 0 bridgehead atoms. The molecule has 0 radical (unpaired) electrons. The van der Waals surface area contributed by atoms with Crippen LogP contribution in [-0.2, 0) is 25.1 Å². The number of hydrogen-bond acceptors (Lipinski definition) is 8. The van der Waals surface area contributed by atoms with Crippen LogP contribution in [0.5, 0.6) is 6.01 Å². The van der Waals surface area contributed by atoms with Crippen molar-refractivity contribution in [1.82, 2.24) is 30.4 Å². The first-order valence-electron chi connectivity index (χ1n) is 16.7. The maximum Gasteiger partial charge on any atom is 0.352 e. The first kappa shape index (κ1) is 37.5. The predicted molar refractivity (Wildman–Crippen MR) is 175 cm³/mol. The third kappa shape index (κ3) is 9.25. The fraction of sp³-hybridized carbons (Fsp3) is 0.588. The van der Waals surface area contributed by atoms with Crippen molar-refractivity contribution in [3.05, 3.63) is 47.5 Å². The summed E-state index contributed by atoms with van der Waals surface area (Å²) >= 11 is 0. The molecule has 4 rings (SSSR count). The quantitative estimate of drug-likeness (QED) is 0.308. The molecule has 49 heavy (non-hydrogen) atoms. The molecule has 4 amide bonds. The second-order valence-electron chi connectivity index (χ2n) is 13.0. The van der Waals surface area contributed by atoms with Crippen molar-refractivity contribution in [3.63, 3.8) is 0 Å². The average molecular weight is 690 g/mol. The number of alkyl halides is 2. The van der Waals surface area contributed by atoms with E-state index in [1.165, 1.54) is 19.2 Å². The molecule has 1 aromatic heterocycles. The third-order valence-electron chi connectivity index (χ3n) is 9.55. The number of anilines is 1. The van der Waals surface area contributed by atoms with Gasteiger partial charge in [-0.2, -0.15) is 8.78 Å². The van der Waals surface area contributed by atoms with Gasteiger partial charge in [-0.25, -0.2) is 14.4 Å². The number of methoxy groups -OCH3 is 1. The van der Waals surface area contributed by atoms with Crippen molar-refractivity contribution < 1.29 is 37.1 Å². The highest BCUT2D eigenvalue weighted by Gasteiger charge is 2.45. The van der Waals surface area contributed by atoms with Crippen LogP contribution >= 0.6 is 0 Å². The summed E-state index contributed by atoms with van der Waals surface area (Å²) in [5.74, 6) is -8.75. The number of nitrogens with zero attached hydrogens (tertiary/aromatic N) is 4. The van der Waals surface area contributed by atoms with Gasteiger partial charge in [0, 0.05) is 50.9 Å². The van der Waals surface area contributed by atoms with E-state index in [-0.39, 0.29) is 29.9 Å². The summed E-state index contributed by atoms with van der Waals surface area (Å²) in [4.78, 5) is 63.6. The molecule has 3 atom stereocenters.